The van der Waals surface area contributed by atoms with Gasteiger partial charge in [0.25, 0.3) is 0 Å². The average Bonchev–Trinajstić information content (AvgIpc) is 3.14. The van der Waals surface area contributed by atoms with Gasteiger partial charge in [0.05, 0.1) is 11.0 Å². The molecule has 0 amide bonds. The number of para-hydroxylation sites is 2. The molecule has 0 unspecified atom stereocenters. The van der Waals surface area contributed by atoms with Gasteiger partial charge < -0.3 is 15.0 Å². The van der Waals surface area contributed by atoms with Gasteiger partial charge in [0.15, 0.2) is 0 Å². The van der Waals surface area contributed by atoms with Crippen molar-refractivity contribution in [1.29, 1.82) is 0 Å². The number of aromatic amines is 1. The van der Waals surface area contributed by atoms with Crippen LogP contribution in [-0.2, 0) is 19.6 Å². The van der Waals surface area contributed by atoms with Crippen molar-refractivity contribution < 1.29 is 4.74 Å². The predicted octanol–water partition coefficient (Wildman–Crippen LogP) is 4.78. The van der Waals surface area contributed by atoms with Crippen molar-refractivity contribution in [3.05, 3.63) is 95.3 Å². The fourth-order valence-corrected chi connectivity index (χ4v) is 3.20. The lowest BCUT2D eigenvalue weighted by molar-refractivity contribution is 0.305. The van der Waals surface area contributed by atoms with Gasteiger partial charge in [-0.1, -0.05) is 48.5 Å². The van der Waals surface area contributed by atoms with Crippen molar-refractivity contribution in [2.45, 2.75) is 26.5 Å². The van der Waals surface area contributed by atoms with E-state index in [0.29, 0.717) is 6.61 Å². The van der Waals surface area contributed by atoms with Crippen LogP contribution in [0.4, 0.5) is 0 Å². The summed E-state index contributed by atoms with van der Waals surface area (Å²) in [6.07, 6.45) is 0.881. The highest BCUT2D eigenvalue weighted by Crippen LogP contribution is 2.16. The number of aryl methyl sites for hydroxylation is 1. The molecule has 4 nitrogen and oxygen atoms in total. The first-order chi connectivity index (χ1) is 13.8. The highest BCUT2D eigenvalue weighted by atomic mass is 16.5. The van der Waals surface area contributed by atoms with Crippen LogP contribution >= 0.6 is 0 Å². The summed E-state index contributed by atoms with van der Waals surface area (Å²) in [5.41, 5.74) is 5.84. The summed E-state index contributed by atoms with van der Waals surface area (Å²) in [7, 11) is 0. The molecule has 0 aliphatic heterocycles. The normalized spacial score (nSPS) is 11.0. The highest BCUT2D eigenvalue weighted by molar-refractivity contribution is 5.74. The van der Waals surface area contributed by atoms with Crippen LogP contribution in [0.1, 0.15) is 22.5 Å². The van der Waals surface area contributed by atoms with Gasteiger partial charge in [0.1, 0.15) is 18.2 Å². The lowest BCUT2D eigenvalue weighted by Gasteiger charge is -2.09. The molecule has 2 N–H and O–H groups in total. The second kappa shape index (κ2) is 8.72. The average molecular weight is 371 g/mol. The summed E-state index contributed by atoms with van der Waals surface area (Å²) in [4.78, 5) is 7.97. The first-order valence-corrected chi connectivity index (χ1v) is 9.68. The number of benzene rings is 3. The maximum absolute atomic E-state index is 5.91. The minimum atomic E-state index is 0.599. The van der Waals surface area contributed by atoms with Gasteiger partial charge in [0.2, 0.25) is 0 Å². The van der Waals surface area contributed by atoms with E-state index in [1.807, 2.05) is 36.4 Å². The van der Waals surface area contributed by atoms with E-state index in [1.54, 1.807) is 0 Å². The zero-order chi connectivity index (χ0) is 19.2. The van der Waals surface area contributed by atoms with Gasteiger partial charge in [-0.05, 0) is 47.9 Å². The van der Waals surface area contributed by atoms with Crippen molar-refractivity contribution in [3.63, 3.8) is 0 Å². The van der Waals surface area contributed by atoms with Gasteiger partial charge >= 0.3 is 0 Å². The molecule has 1 heterocycles. The number of nitrogens with zero attached hydrogens (tertiary/aromatic N) is 1. The summed E-state index contributed by atoms with van der Waals surface area (Å²) in [5, 5.41) is 3.48. The second-order valence-corrected chi connectivity index (χ2v) is 6.99. The van der Waals surface area contributed by atoms with E-state index < -0.39 is 0 Å². The Balaban J connectivity index is 1.22. The molecular weight excluding hydrogens is 346 g/mol. The lowest BCUT2D eigenvalue weighted by atomic mass is 10.1. The molecule has 0 saturated carbocycles. The van der Waals surface area contributed by atoms with Crippen LogP contribution in [-0.4, -0.2) is 16.5 Å². The van der Waals surface area contributed by atoms with Crippen LogP contribution in [0.25, 0.3) is 11.0 Å². The highest BCUT2D eigenvalue weighted by Gasteiger charge is 2.02. The molecule has 28 heavy (non-hydrogen) atoms. The number of fused-ring (bicyclic) bond motifs is 1. The van der Waals surface area contributed by atoms with E-state index >= 15 is 0 Å². The van der Waals surface area contributed by atoms with Crippen LogP contribution in [0, 0.1) is 6.92 Å². The number of H-pyrrole nitrogens is 1. The monoisotopic (exact) mass is 371 g/mol. The number of hydrogen-bond acceptors (Lipinski definition) is 3. The molecule has 0 aliphatic carbocycles. The molecule has 0 saturated heterocycles. The number of nitrogens with one attached hydrogen (secondary N) is 2. The standard InChI is InChI=1S/C24H25N3O/c1-18-6-2-3-7-20(18)17-28-21-12-10-19(11-13-21)16-25-15-14-24-26-22-8-4-5-9-23(22)27-24/h2-13,25H,14-17H2,1H3,(H,26,27). The van der Waals surface area contributed by atoms with Crippen LogP contribution in [0.15, 0.2) is 72.8 Å². The Bertz CT molecular complexity index is 1000. The third-order valence-corrected chi connectivity index (χ3v) is 4.89. The van der Waals surface area contributed by atoms with E-state index in [9.17, 15) is 0 Å². The second-order valence-electron chi connectivity index (χ2n) is 6.99. The first-order valence-electron chi connectivity index (χ1n) is 9.68. The SMILES string of the molecule is Cc1ccccc1COc1ccc(CNCCc2nc3ccccc3[nH]2)cc1. The van der Waals surface area contributed by atoms with Gasteiger partial charge in [-0.25, -0.2) is 4.98 Å². The molecule has 142 valence electrons. The van der Waals surface area contributed by atoms with Crippen LogP contribution in [0.2, 0.25) is 0 Å². The number of rotatable bonds is 8. The minimum Gasteiger partial charge on any atom is -0.489 e. The fraction of sp³-hybridized carbons (Fsp3) is 0.208. The Morgan fingerprint density at radius 3 is 2.54 bits per heavy atom. The summed E-state index contributed by atoms with van der Waals surface area (Å²) >= 11 is 0. The summed E-state index contributed by atoms with van der Waals surface area (Å²) in [5.74, 6) is 1.92. The third kappa shape index (κ3) is 4.59. The third-order valence-electron chi connectivity index (χ3n) is 4.89. The molecule has 0 radical (unpaired) electrons. The quantitative estimate of drug-likeness (QED) is 0.438. The van der Waals surface area contributed by atoms with E-state index in [2.05, 4.69) is 58.6 Å². The van der Waals surface area contributed by atoms with E-state index in [1.165, 1.54) is 16.7 Å². The Labute approximate surface area is 165 Å². The molecule has 4 heteroatoms. The van der Waals surface area contributed by atoms with Crippen molar-refractivity contribution >= 4 is 11.0 Å². The number of imidazole rings is 1. The van der Waals surface area contributed by atoms with Crippen LogP contribution < -0.4 is 10.1 Å². The molecule has 0 bridgehead atoms. The fourth-order valence-electron chi connectivity index (χ4n) is 3.20. The van der Waals surface area contributed by atoms with Crippen LogP contribution in [0.3, 0.4) is 0 Å². The molecule has 3 aromatic carbocycles. The number of hydrogen-bond donors (Lipinski definition) is 2. The Morgan fingerprint density at radius 1 is 0.929 bits per heavy atom. The number of aromatic nitrogens is 2. The van der Waals surface area contributed by atoms with Gasteiger partial charge in [0, 0.05) is 19.5 Å². The summed E-state index contributed by atoms with van der Waals surface area (Å²) in [6, 6.07) is 24.7. The topological polar surface area (TPSA) is 49.9 Å². The Morgan fingerprint density at radius 2 is 1.71 bits per heavy atom. The maximum atomic E-state index is 5.91. The smallest absolute Gasteiger partial charge is 0.119 e. The van der Waals surface area contributed by atoms with Crippen molar-refractivity contribution in [1.82, 2.24) is 15.3 Å². The predicted molar refractivity (Wildman–Crippen MR) is 113 cm³/mol. The minimum absolute atomic E-state index is 0.599. The van der Waals surface area contributed by atoms with Crippen LogP contribution in [0.5, 0.6) is 5.75 Å². The maximum Gasteiger partial charge on any atom is 0.119 e. The van der Waals surface area contributed by atoms with E-state index in [0.717, 1.165) is 42.1 Å². The van der Waals surface area contributed by atoms with E-state index in [4.69, 9.17) is 4.74 Å². The molecule has 0 atom stereocenters. The molecular formula is C24H25N3O. The number of ether oxygens (including phenoxy) is 1. The zero-order valence-corrected chi connectivity index (χ0v) is 16.1. The van der Waals surface area contributed by atoms with E-state index in [-0.39, 0.29) is 0 Å². The van der Waals surface area contributed by atoms with Crippen molar-refractivity contribution in [3.8, 4) is 5.75 Å². The van der Waals surface area contributed by atoms with Gasteiger partial charge in [-0.15, -0.1) is 0 Å². The molecule has 0 spiro atoms. The summed E-state index contributed by atoms with van der Waals surface area (Å²) in [6.45, 7) is 4.42. The summed E-state index contributed by atoms with van der Waals surface area (Å²) < 4.78 is 5.91. The molecule has 1 aromatic heterocycles. The molecule has 4 rings (SSSR count). The molecule has 0 aliphatic rings. The molecule has 0 fully saturated rings. The largest absolute Gasteiger partial charge is 0.489 e. The Hall–Kier alpha value is -3.11. The van der Waals surface area contributed by atoms with Gasteiger partial charge in [-0.3, -0.25) is 0 Å². The van der Waals surface area contributed by atoms with Gasteiger partial charge in [-0.2, -0.15) is 0 Å². The molecule has 4 aromatic rings. The van der Waals surface area contributed by atoms with Crippen molar-refractivity contribution in [2.75, 3.05) is 6.54 Å². The Kier molecular flexibility index (Phi) is 5.69. The first kappa shape index (κ1) is 18.3. The zero-order valence-electron chi connectivity index (χ0n) is 16.1. The lowest BCUT2D eigenvalue weighted by Crippen LogP contribution is -2.17. The van der Waals surface area contributed by atoms with Crippen molar-refractivity contribution in [2.24, 2.45) is 0 Å².